The monoisotopic (exact) mass is 397 g/mol. The lowest BCUT2D eigenvalue weighted by molar-refractivity contribution is 0.0383. The molecule has 7 heteroatoms. The second kappa shape index (κ2) is 9.52. The van der Waals surface area contributed by atoms with E-state index in [9.17, 15) is 4.79 Å². The van der Waals surface area contributed by atoms with Crippen LogP contribution < -0.4 is 10.6 Å². The number of aryl methyl sites for hydroxylation is 1. The molecule has 0 saturated carbocycles. The van der Waals surface area contributed by atoms with E-state index in [-0.39, 0.29) is 5.91 Å². The average Bonchev–Trinajstić information content (AvgIpc) is 3.10. The van der Waals surface area contributed by atoms with E-state index in [4.69, 9.17) is 4.74 Å². The van der Waals surface area contributed by atoms with Gasteiger partial charge in [0.05, 0.1) is 13.2 Å². The first-order valence-corrected chi connectivity index (χ1v) is 10.6. The summed E-state index contributed by atoms with van der Waals surface area (Å²) in [5.74, 6) is -0.0566. The van der Waals surface area contributed by atoms with Gasteiger partial charge in [0.1, 0.15) is 0 Å². The minimum atomic E-state index is -0.0566. The molecule has 0 spiro atoms. The van der Waals surface area contributed by atoms with Gasteiger partial charge in [-0.2, -0.15) is 5.10 Å². The van der Waals surface area contributed by atoms with Crippen molar-refractivity contribution in [1.29, 1.82) is 0 Å². The molecule has 0 radical (unpaired) electrons. The molecule has 4 rings (SSSR count). The molecule has 1 atom stereocenters. The van der Waals surface area contributed by atoms with Gasteiger partial charge in [0.15, 0.2) is 5.69 Å². The third-order valence-corrected chi connectivity index (χ3v) is 5.93. The zero-order valence-corrected chi connectivity index (χ0v) is 17.2. The number of fused-ring (bicyclic) bond motifs is 1. The van der Waals surface area contributed by atoms with Crippen LogP contribution >= 0.6 is 0 Å². The zero-order valence-electron chi connectivity index (χ0n) is 17.2. The Morgan fingerprint density at radius 2 is 2.03 bits per heavy atom. The highest BCUT2D eigenvalue weighted by atomic mass is 16.5. The van der Waals surface area contributed by atoms with Crippen LogP contribution in [0.25, 0.3) is 0 Å². The first-order valence-electron chi connectivity index (χ1n) is 10.6. The van der Waals surface area contributed by atoms with Crippen LogP contribution in [-0.4, -0.2) is 66.0 Å². The molecule has 2 N–H and O–H groups in total. The Hall–Kier alpha value is -2.22. The molecule has 156 valence electrons. The van der Waals surface area contributed by atoms with E-state index in [2.05, 4.69) is 44.9 Å². The van der Waals surface area contributed by atoms with Crippen molar-refractivity contribution in [3.8, 4) is 0 Å². The maximum absolute atomic E-state index is 12.8. The number of morpholine rings is 1. The molecule has 0 bridgehead atoms. The highest BCUT2D eigenvalue weighted by Crippen LogP contribution is 2.24. The van der Waals surface area contributed by atoms with Crippen molar-refractivity contribution in [2.75, 3.05) is 39.4 Å². The highest BCUT2D eigenvalue weighted by Gasteiger charge is 2.28. The molecule has 1 aliphatic carbocycles. The molecule has 1 aromatic heterocycles. The normalized spacial score (nSPS) is 19.7. The number of carbonyl (C=O) groups is 1. The molecule has 2 aromatic rings. The fourth-order valence-corrected chi connectivity index (χ4v) is 4.24. The quantitative estimate of drug-likeness (QED) is 0.733. The number of aromatic nitrogens is 2. The number of nitrogens with zero attached hydrogens (tertiary/aromatic N) is 3. The van der Waals surface area contributed by atoms with Crippen molar-refractivity contribution < 1.29 is 9.53 Å². The average molecular weight is 398 g/mol. The third-order valence-electron chi connectivity index (χ3n) is 5.93. The SMILES string of the molecule is Cn1nc(C(=O)NCCN2CCOCC2)c2c1CC[C@H](NCc1ccccc1)C2. The lowest BCUT2D eigenvalue weighted by atomic mass is 9.91. The van der Waals surface area contributed by atoms with Crippen LogP contribution in [0.1, 0.15) is 33.7 Å². The van der Waals surface area contributed by atoms with Crippen LogP contribution in [0.4, 0.5) is 0 Å². The van der Waals surface area contributed by atoms with Gasteiger partial charge in [0.25, 0.3) is 5.91 Å². The summed E-state index contributed by atoms with van der Waals surface area (Å²) < 4.78 is 7.26. The Bertz CT molecular complexity index is 814. The highest BCUT2D eigenvalue weighted by molar-refractivity contribution is 5.94. The van der Waals surface area contributed by atoms with E-state index in [1.165, 1.54) is 11.3 Å². The van der Waals surface area contributed by atoms with E-state index < -0.39 is 0 Å². The third kappa shape index (κ3) is 5.04. The summed E-state index contributed by atoms with van der Waals surface area (Å²) in [6, 6.07) is 10.8. The summed E-state index contributed by atoms with van der Waals surface area (Å²) in [5.41, 5.74) is 4.18. The van der Waals surface area contributed by atoms with Crippen LogP contribution in [-0.2, 0) is 31.2 Å². The van der Waals surface area contributed by atoms with Gasteiger partial charge in [0.2, 0.25) is 0 Å². The summed E-state index contributed by atoms with van der Waals surface area (Å²) >= 11 is 0. The van der Waals surface area contributed by atoms with Gasteiger partial charge in [-0.3, -0.25) is 14.4 Å². The number of amides is 1. The molecule has 1 saturated heterocycles. The lowest BCUT2D eigenvalue weighted by Crippen LogP contribution is -2.41. The number of nitrogens with one attached hydrogen (secondary N) is 2. The van der Waals surface area contributed by atoms with Gasteiger partial charge in [0, 0.05) is 57.1 Å². The van der Waals surface area contributed by atoms with Crippen LogP contribution in [0, 0.1) is 0 Å². The molecule has 1 aliphatic heterocycles. The van der Waals surface area contributed by atoms with E-state index in [0.717, 1.165) is 64.2 Å². The largest absolute Gasteiger partial charge is 0.379 e. The van der Waals surface area contributed by atoms with Gasteiger partial charge >= 0.3 is 0 Å². The van der Waals surface area contributed by atoms with Crippen molar-refractivity contribution in [3.05, 3.63) is 52.8 Å². The number of hydrogen-bond acceptors (Lipinski definition) is 5. The maximum Gasteiger partial charge on any atom is 0.272 e. The molecule has 0 unspecified atom stereocenters. The van der Waals surface area contributed by atoms with E-state index in [1.807, 2.05) is 17.8 Å². The number of hydrogen-bond donors (Lipinski definition) is 2. The van der Waals surface area contributed by atoms with Crippen molar-refractivity contribution in [1.82, 2.24) is 25.3 Å². The Labute approximate surface area is 172 Å². The fourth-order valence-electron chi connectivity index (χ4n) is 4.24. The number of ether oxygens (including phenoxy) is 1. The summed E-state index contributed by atoms with van der Waals surface area (Å²) in [4.78, 5) is 15.1. The summed E-state index contributed by atoms with van der Waals surface area (Å²) in [5, 5.41) is 11.3. The fraction of sp³-hybridized carbons (Fsp3) is 0.545. The minimum Gasteiger partial charge on any atom is -0.379 e. The Balaban J connectivity index is 1.34. The molecule has 29 heavy (non-hydrogen) atoms. The van der Waals surface area contributed by atoms with Crippen LogP contribution in [0.5, 0.6) is 0 Å². The predicted octanol–water partition coefficient (Wildman–Crippen LogP) is 1.13. The van der Waals surface area contributed by atoms with Crippen molar-refractivity contribution >= 4 is 5.91 Å². The molecule has 2 aliphatic rings. The molecule has 1 aromatic carbocycles. The Morgan fingerprint density at radius 1 is 1.24 bits per heavy atom. The number of carbonyl (C=O) groups excluding carboxylic acids is 1. The van der Waals surface area contributed by atoms with Crippen molar-refractivity contribution in [2.24, 2.45) is 7.05 Å². The maximum atomic E-state index is 12.8. The van der Waals surface area contributed by atoms with E-state index in [0.29, 0.717) is 18.3 Å². The van der Waals surface area contributed by atoms with Gasteiger partial charge in [-0.05, 0) is 24.8 Å². The minimum absolute atomic E-state index is 0.0566. The number of rotatable bonds is 7. The Kier molecular flexibility index (Phi) is 6.59. The standard InChI is InChI=1S/C22H31N5O2/c1-26-20-8-7-18(24-16-17-5-3-2-4-6-17)15-19(20)21(25-26)22(28)23-9-10-27-11-13-29-14-12-27/h2-6,18,24H,7-16H2,1H3,(H,23,28)/t18-/m0/s1. The molecule has 7 nitrogen and oxygen atoms in total. The molecule has 1 amide bonds. The van der Waals surface area contributed by atoms with Gasteiger partial charge in [-0.25, -0.2) is 0 Å². The van der Waals surface area contributed by atoms with Gasteiger partial charge in [-0.1, -0.05) is 30.3 Å². The van der Waals surface area contributed by atoms with Crippen molar-refractivity contribution in [2.45, 2.75) is 31.8 Å². The van der Waals surface area contributed by atoms with Crippen LogP contribution in [0.3, 0.4) is 0 Å². The van der Waals surface area contributed by atoms with Gasteiger partial charge < -0.3 is 15.4 Å². The molecular formula is C22H31N5O2. The molecular weight excluding hydrogens is 366 g/mol. The topological polar surface area (TPSA) is 71.4 Å². The first kappa shape index (κ1) is 20.1. The second-order valence-electron chi connectivity index (χ2n) is 7.91. The molecule has 1 fully saturated rings. The smallest absolute Gasteiger partial charge is 0.272 e. The number of benzene rings is 1. The first-order chi connectivity index (χ1) is 14.2. The van der Waals surface area contributed by atoms with Crippen LogP contribution in [0.15, 0.2) is 30.3 Å². The van der Waals surface area contributed by atoms with Crippen molar-refractivity contribution in [3.63, 3.8) is 0 Å². The zero-order chi connectivity index (χ0) is 20.1. The van der Waals surface area contributed by atoms with E-state index in [1.54, 1.807) is 0 Å². The van der Waals surface area contributed by atoms with Gasteiger partial charge in [-0.15, -0.1) is 0 Å². The summed E-state index contributed by atoms with van der Waals surface area (Å²) in [7, 11) is 1.95. The summed E-state index contributed by atoms with van der Waals surface area (Å²) in [6.07, 6.45) is 2.87. The summed E-state index contributed by atoms with van der Waals surface area (Å²) in [6.45, 7) is 5.76. The van der Waals surface area contributed by atoms with Crippen LogP contribution in [0.2, 0.25) is 0 Å². The molecule has 2 heterocycles. The Morgan fingerprint density at radius 3 is 2.83 bits per heavy atom. The predicted molar refractivity (Wildman–Crippen MR) is 112 cm³/mol. The lowest BCUT2D eigenvalue weighted by Gasteiger charge is -2.26. The van der Waals surface area contributed by atoms with E-state index >= 15 is 0 Å². The second-order valence-corrected chi connectivity index (χ2v) is 7.91.